The van der Waals surface area contributed by atoms with Gasteiger partial charge in [-0.05, 0) is 6.42 Å². The summed E-state index contributed by atoms with van der Waals surface area (Å²) in [5, 5.41) is 3.71. The lowest BCUT2D eigenvalue weighted by Gasteiger charge is -1.96. The largest absolute Gasteiger partial charge is 0.465 e. The minimum atomic E-state index is -0.440. The molecule has 0 spiro atoms. The van der Waals surface area contributed by atoms with Gasteiger partial charge in [-0.3, -0.25) is 0 Å². The first kappa shape index (κ1) is 10.8. The number of nitrogen functional groups attached to an aromatic ring is 1. The molecule has 14 heavy (non-hydrogen) atoms. The third kappa shape index (κ3) is 2.35. The summed E-state index contributed by atoms with van der Waals surface area (Å²) in [5.41, 5.74) is 5.55. The monoisotopic (exact) mass is 215 g/mol. The molecule has 0 aliphatic carbocycles. The number of nitrogens with zero attached hydrogens (tertiary/aromatic N) is 1. The fourth-order valence-electron chi connectivity index (χ4n) is 0.878. The van der Waals surface area contributed by atoms with Crippen LogP contribution < -0.4 is 11.1 Å². The van der Waals surface area contributed by atoms with Gasteiger partial charge >= 0.3 is 5.97 Å². The first-order valence-electron chi connectivity index (χ1n) is 4.27. The van der Waals surface area contributed by atoms with E-state index in [-0.39, 0.29) is 5.82 Å². The summed E-state index contributed by atoms with van der Waals surface area (Å²) in [6.45, 7) is 2.86. The first-order valence-corrected chi connectivity index (χ1v) is 5.09. The molecule has 0 atom stereocenters. The number of hydrogen-bond acceptors (Lipinski definition) is 6. The molecule has 6 heteroatoms. The molecule has 78 valence electrons. The lowest BCUT2D eigenvalue weighted by molar-refractivity contribution is 0.0607. The number of rotatable bonds is 4. The molecule has 0 saturated carbocycles. The third-order valence-corrected chi connectivity index (χ3v) is 2.56. The third-order valence-electron chi connectivity index (χ3n) is 1.55. The molecule has 0 radical (unpaired) electrons. The Labute approximate surface area is 86.3 Å². The lowest BCUT2D eigenvalue weighted by Crippen LogP contribution is -2.02. The summed E-state index contributed by atoms with van der Waals surface area (Å²) in [7, 11) is 1.32. The second kappa shape index (κ2) is 4.80. The lowest BCUT2D eigenvalue weighted by atomic mass is 10.5. The molecule has 0 aromatic carbocycles. The van der Waals surface area contributed by atoms with Crippen LogP contribution in [0.3, 0.4) is 0 Å². The molecule has 1 aromatic rings. The van der Waals surface area contributed by atoms with E-state index in [0.29, 0.717) is 10.0 Å². The maximum absolute atomic E-state index is 11.2. The molecule has 5 nitrogen and oxygen atoms in total. The molecular formula is C8H13N3O2S. The maximum Gasteiger partial charge on any atom is 0.351 e. The Morgan fingerprint density at radius 3 is 3.00 bits per heavy atom. The summed E-state index contributed by atoms with van der Waals surface area (Å²) < 4.78 is 4.56. The number of hydrogen-bond donors (Lipinski definition) is 2. The smallest absolute Gasteiger partial charge is 0.351 e. The second-order valence-electron chi connectivity index (χ2n) is 2.65. The number of ether oxygens (including phenoxy) is 1. The van der Waals surface area contributed by atoms with Crippen LogP contribution >= 0.6 is 11.3 Å². The number of esters is 1. The summed E-state index contributed by atoms with van der Waals surface area (Å²) in [6.07, 6.45) is 0.993. The number of nitrogens with one attached hydrogen (secondary N) is 1. The van der Waals surface area contributed by atoms with Crippen LogP contribution in [0.5, 0.6) is 0 Å². The summed E-state index contributed by atoms with van der Waals surface area (Å²) >= 11 is 1.21. The van der Waals surface area contributed by atoms with Gasteiger partial charge in [0.15, 0.2) is 15.8 Å². The number of anilines is 2. The van der Waals surface area contributed by atoms with E-state index >= 15 is 0 Å². The van der Waals surface area contributed by atoms with E-state index in [0.717, 1.165) is 13.0 Å². The van der Waals surface area contributed by atoms with Crippen molar-refractivity contribution in [2.75, 3.05) is 24.7 Å². The van der Waals surface area contributed by atoms with Gasteiger partial charge in [0, 0.05) is 6.54 Å². The number of carbonyl (C=O) groups excluding carboxylic acids is 1. The van der Waals surface area contributed by atoms with Crippen LogP contribution in [0, 0.1) is 0 Å². The van der Waals surface area contributed by atoms with Gasteiger partial charge in [-0.25, -0.2) is 9.78 Å². The Hall–Kier alpha value is -1.30. The molecule has 1 aromatic heterocycles. The highest BCUT2D eigenvalue weighted by Crippen LogP contribution is 2.25. The molecule has 0 aliphatic heterocycles. The summed E-state index contributed by atoms with van der Waals surface area (Å²) in [4.78, 5) is 15.5. The molecule has 3 N–H and O–H groups in total. The average Bonchev–Trinajstić information content (AvgIpc) is 2.55. The van der Waals surface area contributed by atoms with Crippen LogP contribution in [0.15, 0.2) is 0 Å². The van der Waals surface area contributed by atoms with Crippen molar-refractivity contribution in [1.82, 2.24) is 4.98 Å². The summed E-state index contributed by atoms with van der Waals surface area (Å²) in [5.74, 6) is -0.218. The summed E-state index contributed by atoms with van der Waals surface area (Å²) in [6, 6.07) is 0. The van der Waals surface area contributed by atoms with E-state index in [2.05, 4.69) is 15.0 Å². The maximum atomic E-state index is 11.2. The van der Waals surface area contributed by atoms with Crippen LogP contribution in [0.2, 0.25) is 0 Å². The molecule has 0 bridgehead atoms. The molecule has 0 aliphatic rings. The fraction of sp³-hybridized carbons (Fsp3) is 0.500. The van der Waals surface area contributed by atoms with Crippen molar-refractivity contribution < 1.29 is 9.53 Å². The predicted octanol–water partition coefficient (Wildman–Crippen LogP) is 1.33. The highest BCUT2D eigenvalue weighted by atomic mass is 32.1. The van der Waals surface area contributed by atoms with Crippen LogP contribution in [0.4, 0.5) is 10.9 Å². The van der Waals surface area contributed by atoms with E-state index in [9.17, 15) is 4.79 Å². The van der Waals surface area contributed by atoms with E-state index < -0.39 is 5.97 Å². The molecular weight excluding hydrogens is 202 g/mol. The zero-order valence-corrected chi connectivity index (χ0v) is 8.98. The van der Waals surface area contributed by atoms with Crippen LogP contribution in [-0.2, 0) is 4.74 Å². The molecule has 0 unspecified atom stereocenters. The number of nitrogens with two attached hydrogens (primary N) is 1. The van der Waals surface area contributed by atoms with E-state index in [1.165, 1.54) is 18.4 Å². The Bertz CT molecular complexity index is 324. The van der Waals surface area contributed by atoms with Crippen LogP contribution in [0.25, 0.3) is 0 Å². The minimum Gasteiger partial charge on any atom is -0.465 e. The Morgan fingerprint density at radius 2 is 2.43 bits per heavy atom. The topological polar surface area (TPSA) is 77.2 Å². The van der Waals surface area contributed by atoms with Crippen molar-refractivity contribution in [2.45, 2.75) is 13.3 Å². The molecule has 1 rings (SSSR count). The van der Waals surface area contributed by atoms with Crippen molar-refractivity contribution in [1.29, 1.82) is 0 Å². The fourth-order valence-corrected chi connectivity index (χ4v) is 1.71. The highest BCUT2D eigenvalue weighted by molar-refractivity contribution is 7.17. The van der Waals surface area contributed by atoms with E-state index in [1.807, 2.05) is 6.92 Å². The molecule has 0 amide bonds. The van der Waals surface area contributed by atoms with Crippen LogP contribution in [0.1, 0.15) is 23.0 Å². The van der Waals surface area contributed by atoms with E-state index in [1.54, 1.807) is 0 Å². The number of carbonyl (C=O) groups is 1. The normalized spacial score (nSPS) is 9.86. The second-order valence-corrected chi connectivity index (χ2v) is 3.65. The minimum absolute atomic E-state index is 0.223. The Balaban J connectivity index is 2.77. The van der Waals surface area contributed by atoms with Crippen molar-refractivity contribution >= 4 is 28.3 Å². The van der Waals surface area contributed by atoms with Gasteiger partial charge in [-0.2, -0.15) is 0 Å². The van der Waals surface area contributed by atoms with Crippen LogP contribution in [-0.4, -0.2) is 24.6 Å². The SMILES string of the molecule is CCCNc1nc(N)c(C(=O)OC)s1. The van der Waals surface area contributed by atoms with Gasteiger partial charge in [0.05, 0.1) is 7.11 Å². The average molecular weight is 215 g/mol. The van der Waals surface area contributed by atoms with Gasteiger partial charge < -0.3 is 15.8 Å². The Morgan fingerprint density at radius 1 is 1.71 bits per heavy atom. The standard InChI is InChI=1S/C8H13N3O2S/c1-3-4-10-8-11-6(9)5(14-8)7(12)13-2/h3-4,9H2,1-2H3,(H,10,11). The van der Waals surface area contributed by atoms with Crippen molar-refractivity contribution in [3.8, 4) is 0 Å². The van der Waals surface area contributed by atoms with Gasteiger partial charge in [0.1, 0.15) is 0 Å². The van der Waals surface area contributed by atoms with Crippen molar-refractivity contribution in [3.05, 3.63) is 4.88 Å². The molecule has 1 heterocycles. The number of aromatic nitrogens is 1. The number of methoxy groups -OCH3 is 1. The zero-order chi connectivity index (χ0) is 10.6. The van der Waals surface area contributed by atoms with E-state index in [4.69, 9.17) is 5.73 Å². The van der Waals surface area contributed by atoms with Crippen molar-refractivity contribution in [2.24, 2.45) is 0 Å². The first-order chi connectivity index (χ1) is 6.69. The highest BCUT2D eigenvalue weighted by Gasteiger charge is 2.15. The van der Waals surface area contributed by atoms with Crippen molar-refractivity contribution in [3.63, 3.8) is 0 Å². The number of thiazole rings is 1. The molecule has 0 fully saturated rings. The molecule has 0 saturated heterocycles. The Kier molecular flexibility index (Phi) is 3.70. The van der Waals surface area contributed by atoms with Gasteiger partial charge in [0.25, 0.3) is 0 Å². The quantitative estimate of drug-likeness (QED) is 0.741. The predicted molar refractivity (Wildman–Crippen MR) is 56.6 cm³/mol. The van der Waals surface area contributed by atoms with Gasteiger partial charge in [-0.1, -0.05) is 18.3 Å². The zero-order valence-electron chi connectivity index (χ0n) is 8.16. The van der Waals surface area contributed by atoms with Gasteiger partial charge in [0.2, 0.25) is 0 Å². The van der Waals surface area contributed by atoms with Gasteiger partial charge in [-0.15, -0.1) is 0 Å².